The molecule has 1 N–H and O–H groups in total. The van der Waals surface area contributed by atoms with Crippen molar-refractivity contribution in [3.05, 3.63) is 62.7 Å². The summed E-state index contributed by atoms with van der Waals surface area (Å²) in [7, 11) is -3.19. The fourth-order valence-corrected chi connectivity index (χ4v) is 3.10. The average molecular weight is 369 g/mol. The van der Waals surface area contributed by atoms with Crippen LogP contribution in [0.4, 0.5) is 11.4 Å². The topological polar surface area (TPSA) is 89.3 Å². The maximum atomic E-state index is 11.4. The van der Waals surface area contributed by atoms with E-state index in [4.69, 9.17) is 11.6 Å². The second kappa shape index (κ2) is 7.19. The quantitative estimate of drug-likeness (QED) is 0.621. The number of halogens is 1. The van der Waals surface area contributed by atoms with Gasteiger partial charge in [0.2, 0.25) is 0 Å². The van der Waals surface area contributed by atoms with E-state index >= 15 is 0 Å². The summed E-state index contributed by atoms with van der Waals surface area (Å²) in [6.07, 6.45) is 1.83. The molecule has 2 aromatic carbocycles. The molecule has 0 fully saturated rings. The number of nitrogens with one attached hydrogen (secondary N) is 1. The van der Waals surface area contributed by atoms with Gasteiger partial charge < -0.3 is 5.32 Å². The Bertz CT molecular complexity index is 864. The van der Waals surface area contributed by atoms with Crippen LogP contribution in [0.3, 0.4) is 0 Å². The fraction of sp³-hybridized carbons (Fsp3) is 0.250. The predicted octanol–water partition coefficient (Wildman–Crippen LogP) is 3.61. The first kappa shape index (κ1) is 18.2. The number of nitro groups is 1. The van der Waals surface area contributed by atoms with Crippen LogP contribution in [-0.4, -0.2) is 26.1 Å². The Morgan fingerprint density at radius 2 is 1.83 bits per heavy atom. The second-order valence-electron chi connectivity index (χ2n) is 5.47. The monoisotopic (exact) mass is 368 g/mol. The third-order valence-corrected chi connectivity index (χ3v) is 5.00. The Morgan fingerprint density at radius 3 is 2.38 bits per heavy atom. The summed E-state index contributed by atoms with van der Waals surface area (Å²) in [6, 6.07) is 9.66. The smallest absolute Gasteiger partial charge is 0.273 e. The lowest BCUT2D eigenvalue weighted by Crippen LogP contribution is -2.06. The molecule has 0 aliphatic rings. The third kappa shape index (κ3) is 4.46. The van der Waals surface area contributed by atoms with Crippen molar-refractivity contribution in [1.29, 1.82) is 0 Å². The summed E-state index contributed by atoms with van der Waals surface area (Å²) in [5.41, 5.74) is 2.13. The highest BCUT2D eigenvalue weighted by Gasteiger charge is 2.14. The molecule has 0 radical (unpaired) electrons. The van der Waals surface area contributed by atoms with E-state index in [-0.39, 0.29) is 10.6 Å². The molecule has 0 aliphatic carbocycles. The van der Waals surface area contributed by atoms with Crippen LogP contribution < -0.4 is 5.32 Å². The first-order chi connectivity index (χ1) is 11.2. The summed E-state index contributed by atoms with van der Waals surface area (Å²) < 4.78 is 22.8. The molecule has 0 saturated heterocycles. The zero-order valence-electron chi connectivity index (χ0n) is 13.2. The van der Waals surface area contributed by atoms with Crippen LogP contribution in [0.2, 0.25) is 5.02 Å². The molecule has 0 atom stereocenters. The van der Waals surface area contributed by atoms with E-state index in [1.165, 1.54) is 12.3 Å². The minimum Gasteiger partial charge on any atom is -0.383 e. The molecule has 0 saturated carbocycles. The van der Waals surface area contributed by atoms with Gasteiger partial charge in [0.15, 0.2) is 9.84 Å². The Hall–Kier alpha value is -2.12. The van der Waals surface area contributed by atoms with Crippen molar-refractivity contribution in [2.24, 2.45) is 0 Å². The van der Waals surface area contributed by atoms with Crippen molar-refractivity contribution >= 4 is 32.8 Å². The molecule has 0 bridgehead atoms. The molecule has 0 spiro atoms. The molecule has 6 nitrogen and oxygen atoms in total. The van der Waals surface area contributed by atoms with Gasteiger partial charge in [0.1, 0.15) is 0 Å². The molecule has 24 heavy (non-hydrogen) atoms. The highest BCUT2D eigenvalue weighted by molar-refractivity contribution is 7.90. The molecular weight excluding hydrogens is 352 g/mol. The van der Waals surface area contributed by atoms with Gasteiger partial charge in [-0.1, -0.05) is 23.7 Å². The van der Waals surface area contributed by atoms with E-state index in [9.17, 15) is 18.5 Å². The molecule has 2 rings (SSSR count). The van der Waals surface area contributed by atoms with E-state index in [2.05, 4.69) is 5.32 Å². The predicted molar refractivity (Wildman–Crippen MR) is 94.6 cm³/mol. The summed E-state index contributed by atoms with van der Waals surface area (Å²) >= 11 is 6.06. The molecule has 128 valence electrons. The van der Waals surface area contributed by atoms with Crippen molar-refractivity contribution in [2.75, 3.05) is 18.1 Å². The van der Waals surface area contributed by atoms with Crippen molar-refractivity contribution in [3.8, 4) is 0 Å². The number of hydrogen-bond acceptors (Lipinski definition) is 5. The number of aryl methyl sites for hydroxylation is 1. The molecule has 0 heterocycles. The number of benzene rings is 2. The van der Waals surface area contributed by atoms with Gasteiger partial charge in [-0.05, 0) is 37.1 Å². The molecular formula is C16H17ClN2O4S. The van der Waals surface area contributed by atoms with Crippen molar-refractivity contribution in [3.63, 3.8) is 0 Å². The van der Waals surface area contributed by atoms with E-state index in [0.717, 1.165) is 5.56 Å². The van der Waals surface area contributed by atoms with Gasteiger partial charge >= 0.3 is 0 Å². The van der Waals surface area contributed by atoms with Gasteiger partial charge in [-0.3, -0.25) is 10.1 Å². The van der Waals surface area contributed by atoms with Crippen LogP contribution in [-0.2, 0) is 16.3 Å². The van der Waals surface area contributed by atoms with E-state index in [1.807, 2.05) is 0 Å². The molecule has 0 unspecified atom stereocenters. The molecule has 0 amide bonds. The minimum atomic E-state index is -3.19. The number of nitro benzene ring substituents is 1. The summed E-state index contributed by atoms with van der Waals surface area (Å²) in [5, 5.41) is 14.3. The average Bonchev–Trinajstić information content (AvgIpc) is 2.49. The van der Waals surface area contributed by atoms with Gasteiger partial charge in [-0.15, -0.1) is 0 Å². The van der Waals surface area contributed by atoms with Crippen LogP contribution in [0, 0.1) is 17.0 Å². The first-order valence-corrected chi connectivity index (χ1v) is 9.43. The van der Waals surface area contributed by atoms with E-state index < -0.39 is 14.8 Å². The van der Waals surface area contributed by atoms with Crippen molar-refractivity contribution in [2.45, 2.75) is 18.2 Å². The lowest BCUT2D eigenvalue weighted by atomic mass is 10.1. The minimum absolute atomic E-state index is 0.0121. The Labute approximate surface area is 145 Å². The van der Waals surface area contributed by atoms with Gasteiger partial charge in [0.25, 0.3) is 5.69 Å². The van der Waals surface area contributed by atoms with Crippen LogP contribution in [0.1, 0.15) is 11.1 Å². The lowest BCUT2D eigenvalue weighted by Gasteiger charge is -2.10. The van der Waals surface area contributed by atoms with E-state index in [1.54, 1.807) is 37.3 Å². The molecule has 2 aromatic rings. The second-order valence-corrected chi connectivity index (χ2v) is 7.89. The zero-order valence-corrected chi connectivity index (χ0v) is 14.8. The highest BCUT2D eigenvalue weighted by Crippen LogP contribution is 2.30. The normalized spacial score (nSPS) is 11.3. The van der Waals surface area contributed by atoms with E-state index in [0.29, 0.717) is 29.2 Å². The summed E-state index contributed by atoms with van der Waals surface area (Å²) in [5.74, 6) is 0. The van der Waals surface area contributed by atoms with Gasteiger partial charge in [-0.2, -0.15) is 0 Å². The number of hydrogen-bond donors (Lipinski definition) is 1. The third-order valence-electron chi connectivity index (χ3n) is 3.56. The maximum Gasteiger partial charge on any atom is 0.273 e. The summed E-state index contributed by atoms with van der Waals surface area (Å²) in [4.78, 5) is 10.7. The SMILES string of the molecule is Cc1cc(NCCc2ccc(S(C)(=O)=O)cc2)c(Cl)cc1[N+](=O)[O-]. The highest BCUT2D eigenvalue weighted by atomic mass is 35.5. The Kier molecular flexibility index (Phi) is 5.46. The van der Waals surface area contributed by atoms with Crippen LogP contribution in [0.15, 0.2) is 41.3 Å². The zero-order chi connectivity index (χ0) is 17.9. The lowest BCUT2D eigenvalue weighted by molar-refractivity contribution is -0.385. The van der Waals surface area contributed by atoms with Crippen LogP contribution >= 0.6 is 11.6 Å². The number of rotatable bonds is 6. The van der Waals surface area contributed by atoms with Gasteiger partial charge in [0.05, 0.1) is 20.5 Å². The number of anilines is 1. The summed E-state index contributed by atoms with van der Waals surface area (Å²) in [6.45, 7) is 2.22. The molecule has 0 aliphatic heterocycles. The molecule has 0 aromatic heterocycles. The molecule has 8 heteroatoms. The first-order valence-electron chi connectivity index (χ1n) is 7.16. The Balaban J connectivity index is 2.02. The number of sulfone groups is 1. The maximum absolute atomic E-state index is 11.4. The Morgan fingerprint density at radius 1 is 1.21 bits per heavy atom. The number of nitrogens with zero attached hydrogens (tertiary/aromatic N) is 1. The van der Waals surface area contributed by atoms with Gasteiger partial charge in [0, 0.05) is 24.4 Å². The van der Waals surface area contributed by atoms with Crippen LogP contribution in [0.5, 0.6) is 0 Å². The van der Waals surface area contributed by atoms with Crippen molar-refractivity contribution < 1.29 is 13.3 Å². The van der Waals surface area contributed by atoms with Crippen molar-refractivity contribution in [1.82, 2.24) is 0 Å². The van der Waals surface area contributed by atoms with Gasteiger partial charge in [-0.25, -0.2) is 8.42 Å². The van der Waals surface area contributed by atoms with Crippen LogP contribution in [0.25, 0.3) is 0 Å². The fourth-order valence-electron chi connectivity index (χ4n) is 2.25. The standard InChI is InChI=1S/C16H17ClN2O4S/c1-11-9-15(14(17)10-16(11)19(20)21)18-8-7-12-3-5-13(6-4-12)24(2,22)23/h3-6,9-10,18H,7-8H2,1-2H3. The largest absolute Gasteiger partial charge is 0.383 e.